The van der Waals surface area contributed by atoms with E-state index in [1.54, 1.807) is 12.1 Å². The fourth-order valence-corrected chi connectivity index (χ4v) is 8.23. The van der Waals surface area contributed by atoms with E-state index in [9.17, 15) is 24.9 Å². The highest BCUT2D eigenvalue weighted by molar-refractivity contribution is 5.94. The second-order valence-electron chi connectivity index (χ2n) is 15.0. The number of phenolic OH excluding ortho intramolecular Hbond substituents is 3. The highest BCUT2D eigenvalue weighted by Crippen LogP contribution is 2.41. The van der Waals surface area contributed by atoms with Crippen molar-refractivity contribution in [2.24, 2.45) is 5.92 Å². The SMILES string of the molecule is CCC1CCC(OC(C)=O)CC(=O)CC(c2cc(O)c(O)c(OC)c2)n2cc3cccc(c3c2)NC2=CC(=CCN2)C(c2cccc(O)c2)Cc2c[nH]cc2C1. The van der Waals surface area contributed by atoms with E-state index in [1.165, 1.54) is 31.2 Å². The first kappa shape index (κ1) is 38.2. The molecule has 0 saturated carbocycles. The van der Waals surface area contributed by atoms with Gasteiger partial charge >= 0.3 is 5.97 Å². The van der Waals surface area contributed by atoms with Crippen molar-refractivity contribution in [3.63, 3.8) is 0 Å². The molecular formula is C45H50N4O7. The quantitative estimate of drug-likeness (QED) is 0.0769. The molecule has 4 atom stereocenters. The van der Waals surface area contributed by atoms with Crippen LogP contribution in [0.15, 0.2) is 103 Å². The average Bonchev–Trinajstić information content (AvgIpc) is 3.82. The third-order valence-electron chi connectivity index (χ3n) is 11.2. The van der Waals surface area contributed by atoms with Crippen LogP contribution >= 0.6 is 0 Å². The summed E-state index contributed by atoms with van der Waals surface area (Å²) in [6.45, 7) is 4.15. The average molecular weight is 759 g/mol. The fourth-order valence-electron chi connectivity index (χ4n) is 8.23. The van der Waals surface area contributed by atoms with E-state index in [0.29, 0.717) is 18.5 Å². The van der Waals surface area contributed by atoms with Gasteiger partial charge in [-0.05, 0) is 95.8 Å². The summed E-state index contributed by atoms with van der Waals surface area (Å²) in [7, 11) is 1.41. The Hall–Kier alpha value is -6.10. The number of dihydropyridines is 1. The smallest absolute Gasteiger partial charge is 0.302 e. The molecule has 56 heavy (non-hydrogen) atoms. The molecule has 2 aliphatic rings. The van der Waals surface area contributed by atoms with Gasteiger partial charge in [0.2, 0.25) is 5.75 Å². The van der Waals surface area contributed by atoms with Crippen LogP contribution in [0.25, 0.3) is 10.8 Å². The van der Waals surface area contributed by atoms with Crippen molar-refractivity contribution in [3.8, 4) is 23.0 Å². The molecule has 5 aromatic rings. The van der Waals surface area contributed by atoms with Crippen molar-refractivity contribution in [1.29, 1.82) is 0 Å². The van der Waals surface area contributed by atoms with Crippen molar-refractivity contribution in [2.75, 3.05) is 19.0 Å². The summed E-state index contributed by atoms with van der Waals surface area (Å²) in [5.41, 5.74) is 5.98. The Balaban J connectivity index is 1.33. The molecule has 6 N–H and O–H groups in total. The molecule has 2 aromatic heterocycles. The second-order valence-corrected chi connectivity index (χ2v) is 15.0. The molecule has 0 fully saturated rings. The van der Waals surface area contributed by atoms with E-state index in [1.807, 2.05) is 47.3 Å². The molecule has 3 aromatic carbocycles. The van der Waals surface area contributed by atoms with Gasteiger partial charge in [0.15, 0.2) is 11.5 Å². The zero-order valence-corrected chi connectivity index (χ0v) is 32.0. The van der Waals surface area contributed by atoms with E-state index in [4.69, 9.17) is 9.47 Å². The molecule has 0 aliphatic carbocycles. The molecule has 4 bridgehead atoms. The summed E-state index contributed by atoms with van der Waals surface area (Å²) >= 11 is 0. The Bertz CT molecular complexity index is 2280. The number of ether oxygens (including phenoxy) is 2. The van der Waals surface area contributed by atoms with Gasteiger partial charge in [0.25, 0.3) is 0 Å². The number of ketones is 1. The number of hydrogen-bond donors (Lipinski definition) is 6. The Kier molecular flexibility index (Phi) is 11.4. The van der Waals surface area contributed by atoms with Crippen molar-refractivity contribution in [1.82, 2.24) is 14.9 Å². The highest BCUT2D eigenvalue weighted by Gasteiger charge is 2.27. The van der Waals surface area contributed by atoms with E-state index in [-0.39, 0.29) is 53.5 Å². The summed E-state index contributed by atoms with van der Waals surface area (Å²) in [6, 6.07) is 16.0. The zero-order valence-electron chi connectivity index (χ0n) is 32.0. The lowest BCUT2D eigenvalue weighted by molar-refractivity contribution is -0.148. The minimum absolute atomic E-state index is 0.0378. The lowest BCUT2D eigenvalue weighted by Gasteiger charge is -2.25. The summed E-state index contributed by atoms with van der Waals surface area (Å²) in [5, 5.41) is 40.7. The molecule has 292 valence electrons. The molecule has 4 unspecified atom stereocenters. The molecule has 11 heteroatoms. The number of benzene rings is 3. The van der Waals surface area contributed by atoms with Crippen LogP contribution in [0.3, 0.4) is 0 Å². The number of allylic oxidation sites excluding steroid dienone is 2. The molecule has 0 amide bonds. The van der Waals surface area contributed by atoms with Crippen LogP contribution in [0.1, 0.15) is 80.2 Å². The van der Waals surface area contributed by atoms with Gasteiger partial charge in [0.05, 0.1) is 13.2 Å². The summed E-state index contributed by atoms with van der Waals surface area (Å²) in [4.78, 5) is 29.8. The molecular weight excluding hydrogens is 709 g/mol. The van der Waals surface area contributed by atoms with Gasteiger partial charge in [-0.25, -0.2) is 0 Å². The number of aromatic hydroxyl groups is 3. The number of esters is 1. The van der Waals surface area contributed by atoms with Crippen molar-refractivity contribution < 1.29 is 34.4 Å². The monoisotopic (exact) mass is 758 g/mol. The minimum Gasteiger partial charge on any atom is -0.508 e. The number of methoxy groups -OCH3 is 1. The van der Waals surface area contributed by atoms with Crippen LogP contribution in [0.5, 0.6) is 23.0 Å². The first-order valence-electron chi connectivity index (χ1n) is 19.3. The van der Waals surface area contributed by atoms with Crippen LogP contribution in [0, 0.1) is 5.92 Å². The van der Waals surface area contributed by atoms with Gasteiger partial charge in [-0.2, -0.15) is 0 Å². The summed E-state index contributed by atoms with van der Waals surface area (Å²) < 4.78 is 13.1. The molecule has 4 heterocycles. The van der Waals surface area contributed by atoms with E-state index < -0.39 is 18.1 Å². The van der Waals surface area contributed by atoms with Crippen molar-refractivity contribution in [2.45, 2.75) is 76.9 Å². The number of H-pyrrole nitrogens is 1. The van der Waals surface area contributed by atoms with Gasteiger partial charge in [0, 0.05) is 73.5 Å². The van der Waals surface area contributed by atoms with E-state index in [2.05, 4.69) is 53.2 Å². The number of carbonyl (C=O) groups is 2. The van der Waals surface area contributed by atoms with E-state index >= 15 is 0 Å². The summed E-state index contributed by atoms with van der Waals surface area (Å²) in [5.74, 6) is 0.0999. The number of phenols is 3. The van der Waals surface area contributed by atoms with E-state index in [0.717, 1.165) is 59.1 Å². The third kappa shape index (κ3) is 8.57. The van der Waals surface area contributed by atoms with Gasteiger partial charge in [-0.3, -0.25) is 9.59 Å². The Morgan fingerprint density at radius 1 is 0.929 bits per heavy atom. The van der Waals surface area contributed by atoms with Gasteiger partial charge in [-0.1, -0.05) is 43.7 Å². The first-order valence-corrected chi connectivity index (χ1v) is 19.3. The maximum absolute atomic E-state index is 14.1. The minimum atomic E-state index is -0.599. The summed E-state index contributed by atoms with van der Waals surface area (Å²) in [6.07, 6.45) is 15.6. The number of hydrogen-bond acceptors (Lipinski definition) is 9. The molecule has 7 rings (SSSR count). The standard InChI is InChI=1S/C45H50N4O7/c1-4-28-11-12-37(56-27(2)50)21-36(52)22-41(32-18-42(53)45(54)43(19-32)55-3)49-25-31-8-6-10-40(39(31)26-49)48-44-20-30(13-14-47-44)38(29-7-5-9-35(51)16-29)17-34-24-46-23-33(34)15-28/h5-10,13,16,18-20,23-26,28,37-38,41,46-48,51,53-54H,4,11-12,14-15,17,21-22H2,1-3H3. The van der Waals surface area contributed by atoms with Gasteiger partial charge < -0.3 is 45.0 Å². The number of nitrogens with zero attached hydrogens (tertiary/aromatic N) is 1. The topological polar surface area (TPSA) is 158 Å². The van der Waals surface area contributed by atoms with Gasteiger partial charge in [-0.15, -0.1) is 0 Å². The predicted octanol–water partition coefficient (Wildman–Crippen LogP) is 8.14. The fraction of sp³-hybridized carbons (Fsp3) is 0.333. The Morgan fingerprint density at radius 2 is 1.73 bits per heavy atom. The van der Waals surface area contributed by atoms with Crippen molar-refractivity contribution in [3.05, 3.63) is 125 Å². The molecule has 2 aliphatic heterocycles. The maximum atomic E-state index is 14.1. The molecule has 0 radical (unpaired) electrons. The highest BCUT2D eigenvalue weighted by atomic mass is 16.5. The van der Waals surface area contributed by atoms with Crippen molar-refractivity contribution >= 4 is 28.2 Å². The number of rotatable bonds is 5. The lowest BCUT2D eigenvalue weighted by Crippen LogP contribution is -2.24. The van der Waals surface area contributed by atoms with Crippen LogP contribution in [-0.2, 0) is 27.2 Å². The number of aromatic amines is 1. The second kappa shape index (κ2) is 16.7. The van der Waals surface area contributed by atoms with Crippen LogP contribution in [0.4, 0.5) is 5.69 Å². The van der Waals surface area contributed by atoms with Crippen LogP contribution in [-0.4, -0.2) is 56.4 Å². The molecule has 11 nitrogen and oxygen atoms in total. The third-order valence-corrected chi connectivity index (χ3v) is 11.2. The maximum Gasteiger partial charge on any atom is 0.302 e. The Labute approximate surface area is 326 Å². The number of aromatic nitrogens is 2. The number of anilines is 1. The number of Topliss-reactive ketones (excluding diaryl/α,β-unsaturated/α-hetero) is 1. The largest absolute Gasteiger partial charge is 0.508 e. The Morgan fingerprint density at radius 3 is 2.50 bits per heavy atom. The number of fused-ring (bicyclic) bond motifs is 3. The number of carbonyl (C=O) groups excluding carboxylic acids is 2. The normalized spacial score (nSPS) is 20.8. The molecule has 0 saturated heterocycles. The first-order chi connectivity index (χ1) is 27.1. The van der Waals surface area contributed by atoms with Gasteiger partial charge in [0.1, 0.15) is 23.5 Å². The van der Waals surface area contributed by atoms with Crippen LogP contribution in [0.2, 0.25) is 0 Å². The predicted molar refractivity (Wildman–Crippen MR) is 216 cm³/mol. The molecule has 0 spiro atoms. The zero-order chi connectivity index (χ0) is 39.3. The lowest BCUT2D eigenvalue weighted by atomic mass is 9.82. The van der Waals surface area contributed by atoms with Crippen LogP contribution < -0.4 is 15.4 Å². The number of nitrogens with one attached hydrogen (secondary N) is 3.